The molecule has 0 rings (SSSR count). The Bertz CT molecular complexity index is 112. The first-order valence-electron chi connectivity index (χ1n) is 3.39. The van der Waals surface area contributed by atoms with Crippen molar-refractivity contribution in [3.05, 3.63) is 0 Å². The fraction of sp³-hybridized carbons (Fsp3) is 0.714. The molecule has 10 heavy (non-hydrogen) atoms. The summed E-state index contributed by atoms with van der Waals surface area (Å²) in [6.07, 6.45) is 5.05. The van der Waals surface area contributed by atoms with Gasteiger partial charge in [-0.3, -0.25) is 0 Å². The van der Waals surface area contributed by atoms with Gasteiger partial charge in [0.2, 0.25) is 0 Å². The van der Waals surface area contributed by atoms with Crippen LogP contribution in [0.15, 0.2) is 0 Å². The standard InChI is InChI=1S/C7H11O2.Tc/c8-6-4-2-1-3-5-7-9;/h6H,1-5H2;. The average molecular weight is 225 g/mol. The molecule has 0 spiro atoms. The molecule has 0 saturated carbocycles. The Morgan fingerprint density at radius 3 is 2.50 bits per heavy atom. The Morgan fingerprint density at radius 1 is 1.30 bits per heavy atom. The summed E-state index contributed by atoms with van der Waals surface area (Å²) >= 11 is 1.80. The molecule has 0 heterocycles. The second-order valence-corrected chi connectivity index (χ2v) is 3.16. The van der Waals surface area contributed by atoms with Crippen LogP contribution in [0.5, 0.6) is 0 Å². The normalized spacial score (nSPS) is 9.30. The van der Waals surface area contributed by atoms with Crippen molar-refractivity contribution in [3.63, 3.8) is 0 Å². The van der Waals surface area contributed by atoms with E-state index in [1.165, 1.54) is 0 Å². The van der Waals surface area contributed by atoms with Crippen molar-refractivity contribution in [2.45, 2.75) is 32.1 Å². The molecule has 0 amide bonds. The van der Waals surface area contributed by atoms with Gasteiger partial charge in [-0.1, -0.05) is 0 Å². The summed E-state index contributed by atoms with van der Waals surface area (Å²) in [7, 11) is 0. The topological polar surface area (TPSA) is 34.1 Å². The minimum atomic E-state index is 0.212. The molecule has 0 bridgehead atoms. The Kier molecular flexibility index (Phi) is 7.09. The van der Waals surface area contributed by atoms with Gasteiger partial charge in [-0.05, 0) is 0 Å². The van der Waals surface area contributed by atoms with E-state index in [1.807, 2.05) is 0 Å². The van der Waals surface area contributed by atoms with Crippen LogP contribution in [0.4, 0.5) is 0 Å². The molecular formula is C7H11O2Tc. The van der Waals surface area contributed by atoms with Gasteiger partial charge in [-0.15, -0.1) is 0 Å². The second kappa shape index (κ2) is 7.10. The summed E-state index contributed by atoms with van der Waals surface area (Å²) in [5.41, 5.74) is 0. The summed E-state index contributed by atoms with van der Waals surface area (Å²) in [6, 6.07) is 0. The molecule has 0 aliphatic heterocycles. The van der Waals surface area contributed by atoms with E-state index in [9.17, 15) is 9.59 Å². The van der Waals surface area contributed by atoms with Gasteiger partial charge in [-0.25, -0.2) is 0 Å². The summed E-state index contributed by atoms with van der Waals surface area (Å²) in [5, 5.41) is 0. The van der Waals surface area contributed by atoms with E-state index in [1.54, 1.807) is 18.9 Å². The summed E-state index contributed by atoms with van der Waals surface area (Å²) in [5.74, 6) is 0. The zero-order valence-corrected chi connectivity index (χ0v) is 7.67. The van der Waals surface area contributed by atoms with Crippen LogP contribution in [0.3, 0.4) is 0 Å². The van der Waals surface area contributed by atoms with E-state index in [-0.39, 0.29) is 4.30 Å². The van der Waals surface area contributed by atoms with Gasteiger partial charge in [0, 0.05) is 0 Å². The fourth-order valence-corrected chi connectivity index (χ4v) is 0.997. The number of carbonyl (C=O) groups is 2. The van der Waals surface area contributed by atoms with E-state index in [2.05, 4.69) is 0 Å². The first-order chi connectivity index (χ1) is 4.77. The number of aldehydes is 1. The molecule has 0 aliphatic carbocycles. The molecule has 0 aromatic carbocycles. The van der Waals surface area contributed by atoms with Crippen molar-refractivity contribution in [1.29, 1.82) is 0 Å². The summed E-state index contributed by atoms with van der Waals surface area (Å²) < 4.78 is 0.212. The first-order valence-corrected chi connectivity index (χ1v) is 4.32. The number of hydrogen-bond acceptors (Lipinski definition) is 2. The molecule has 3 heteroatoms. The number of hydrogen-bond donors (Lipinski definition) is 0. The Labute approximate surface area is 71.5 Å². The van der Waals surface area contributed by atoms with Crippen LogP contribution >= 0.6 is 0 Å². The first kappa shape index (κ1) is 9.99. The van der Waals surface area contributed by atoms with Gasteiger partial charge in [-0.2, -0.15) is 0 Å². The maximum absolute atomic E-state index is 10.4. The zero-order valence-electron chi connectivity index (χ0n) is 5.81. The van der Waals surface area contributed by atoms with Crippen molar-refractivity contribution in [1.82, 2.24) is 0 Å². The number of unbranched alkanes of at least 4 members (excludes halogenated alkanes) is 3. The number of rotatable bonds is 6. The molecule has 0 atom stereocenters. The SMILES string of the molecule is O=CCCCCC[C](=O)[Tc]. The molecule has 0 unspecified atom stereocenters. The van der Waals surface area contributed by atoms with E-state index >= 15 is 0 Å². The third-order valence-corrected chi connectivity index (χ3v) is 1.66. The van der Waals surface area contributed by atoms with E-state index < -0.39 is 0 Å². The summed E-state index contributed by atoms with van der Waals surface area (Å²) in [6.45, 7) is 0. The third kappa shape index (κ3) is 7.99. The Hall–Kier alpha value is -0.0106. The molecule has 0 aromatic rings. The molecule has 0 aliphatic rings. The molecular weight excluding hydrogens is 214 g/mol. The van der Waals surface area contributed by atoms with Crippen LogP contribution in [-0.2, 0) is 28.5 Å². The van der Waals surface area contributed by atoms with Gasteiger partial charge in [0.15, 0.2) is 0 Å². The third-order valence-electron chi connectivity index (χ3n) is 1.20. The molecule has 0 aromatic heterocycles. The average Bonchev–Trinajstić information content (AvgIpc) is 1.87. The van der Waals surface area contributed by atoms with E-state index in [4.69, 9.17) is 0 Å². The van der Waals surface area contributed by atoms with Crippen LogP contribution in [0.2, 0.25) is 0 Å². The number of carbonyl (C=O) groups excluding carboxylic acids is 2. The molecule has 0 radical (unpaired) electrons. The predicted molar refractivity (Wildman–Crippen MR) is 34.2 cm³/mol. The predicted octanol–water partition coefficient (Wildman–Crippen LogP) is 1.21. The minimum absolute atomic E-state index is 0.212. The van der Waals surface area contributed by atoms with Gasteiger partial charge in [0.1, 0.15) is 0 Å². The van der Waals surface area contributed by atoms with Gasteiger partial charge >= 0.3 is 71.2 Å². The Balaban J connectivity index is 2.90. The zero-order chi connectivity index (χ0) is 7.82. The van der Waals surface area contributed by atoms with Crippen molar-refractivity contribution >= 4 is 10.6 Å². The van der Waals surface area contributed by atoms with Gasteiger partial charge in [0.25, 0.3) is 0 Å². The molecule has 58 valence electrons. The second-order valence-electron chi connectivity index (χ2n) is 2.12. The quantitative estimate of drug-likeness (QED) is 0.503. The maximum atomic E-state index is 10.4. The van der Waals surface area contributed by atoms with E-state index in [0.29, 0.717) is 12.8 Å². The van der Waals surface area contributed by atoms with Crippen LogP contribution < -0.4 is 0 Å². The van der Waals surface area contributed by atoms with E-state index in [0.717, 1.165) is 25.5 Å². The van der Waals surface area contributed by atoms with Crippen LogP contribution in [0.1, 0.15) is 32.1 Å². The van der Waals surface area contributed by atoms with Crippen LogP contribution in [-0.4, -0.2) is 10.6 Å². The van der Waals surface area contributed by atoms with Crippen molar-refractivity contribution in [2.75, 3.05) is 0 Å². The van der Waals surface area contributed by atoms with Crippen LogP contribution in [0.25, 0.3) is 0 Å². The molecule has 2 nitrogen and oxygen atoms in total. The summed E-state index contributed by atoms with van der Waals surface area (Å²) in [4.78, 5) is 20.2. The Morgan fingerprint density at radius 2 is 2.00 bits per heavy atom. The van der Waals surface area contributed by atoms with Crippen molar-refractivity contribution in [2.24, 2.45) is 0 Å². The van der Waals surface area contributed by atoms with Crippen molar-refractivity contribution < 1.29 is 28.5 Å². The molecule has 0 N–H and O–H groups in total. The van der Waals surface area contributed by atoms with Gasteiger partial charge < -0.3 is 0 Å². The van der Waals surface area contributed by atoms with Crippen LogP contribution in [0, 0.1) is 0 Å². The molecule has 0 saturated heterocycles. The van der Waals surface area contributed by atoms with Crippen molar-refractivity contribution in [3.8, 4) is 0 Å². The molecule has 0 fully saturated rings. The fourth-order valence-electron chi connectivity index (χ4n) is 0.668. The monoisotopic (exact) mass is 224 g/mol. The van der Waals surface area contributed by atoms with Gasteiger partial charge in [0.05, 0.1) is 0 Å².